The highest BCUT2D eigenvalue weighted by atomic mass is 32.2. The van der Waals surface area contributed by atoms with E-state index in [4.69, 9.17) is 9.47 Å². The molecule has 2 N–H and O–H groups in total. The van der Waals surface area contributed by atoms with E-state index in [1.165, 1.54) is 18.9 Å². The van der Waals surface area contributed by atoms with Crippen molar-refractivity contribution in [2.75, 3.05) is 25.3 Å². The van der Waals surface area contributed by atoms with Crippen molar-refractivity contribution < 1.29 is 14.3 Å². The van der Waals surface area contributed by atoms with Crippen LogP contribution in [0.15, 0.2) is 28.2 Å². The first kappa shape index (κ1) is 18.9. The van der Waals surface area contributed by atoms with Gasteiger partial charge < -0.3 is 19.8 Å². The summed E-state index contributed by atoms with van der Waals surface area (Å²) in [6.45, 7) is 3.67. The van der Waals surface area contributed by atoms with E-state index in [1.807, 2.05) is 6.92 Å². The minimum absolute atomic E-state index is 0.107. The number of H-pyrrole nitrogens is 1. The Morgan fingerprint density at radius 2 is 2.08 bits per heavy atom. The van der Waals surface area contributed by atoms with Crippen molar-refractivity contribution in [3.8, 4) is 11.5 Å². The summed E-state index contributed by atoms with van der Waals surface area (Å²) in [6.07, 6.45) is 0.663. The molecule has 25 heavy (non-hydrogen) atoms. The van der Waals surface area contributed by atoms with Gasteiger partial charge in [-0.3, -0.25) is 9.59 Å². The largest absolute Gasteiger partial charge is 0.497 e. The van der Waals surface area contributed by atoms with Gasteiger partial charge in [-0.2, -0.15) is 0 Å². The number of ether oxygens (including phenoxy) is 2. The monoisotopic (exact) mass is 363 g/mol. The quantitative estimate of drug-likeness (QED) is 0.579. The van der Waals surface area contributed by atoms with Crippen LogP contribution in [0.25, 0.3) is 0 Å². The summed E-state index contributed by atoms with van der Waals surface area (Å²) < 4.78 is 10.4. The maximum Gasteiger partial charge on any atom is 0.254 e. The number of amides is 1. The third-order valence-corrected chi connectivity index (χ3v) is 4.46. The van der Waals surface area contributed by atoms with E-state index in [0.29, 0.717) is 34.3 Å². The SMILES string of the molecule is CCc1nc(SCC(=O)Nc2cc(OC)ccc2OC)[nH]c(=O)c1C. The molecule has 0 aliphatic rings. The molecule has 2 rings (SSSR count). The van der Waals surface area contributed by atoms with Crippen molar-refractivity contribution in [3.63, 3.8) is 0 Å². The average Bonchev–Trinajstić information content (AvgIpc) is 2.62. The van der Waals surface area contributed by atoms with E-state index in [9.17, 15) is 9.59 Å². The molecule has 1 aromatic carbocycles. The number of hydrogen-bond acceptors (Lipinski definition) is 6. The second-order valence-electron chi connectivity index (χ2n) is 5.20. The molecule has 0 saturated heterocycles. The number of aromatic amines is 1. The number of aromatic nitrogens is 2. The first-order chi connectivity index (χ1) is 12.0. The lowest BCUT2D eigenvalue weighted by molar-refractivity contribution is -0.113. The lowest BCUT2D eigenvalue weighted by Crippen LogP contribution is -2.18. The van der Waals surface area contributed by atoms with Crippen molar-refractivity contribution in [1.29, 1.82) is 0 Å². The van der Waals surface area contributed by atoms with E-state index in [-0.39, 0.29) is 17.2 Å². The Labute approximate surface area is 150 Å². The second-order valence-corrected chi connectivity index (χ2v) is 6.16. The van der Waals surface area contributed by atoms with Crippen LogP contribution < -0.4 is 20.3 Å². The molecule has 8 heteroatoms. The van der Waals surface area contributed by atoms with Gasteiger partial charge in [0, 0.05) is 11.6 Å². The summed E-state index contributed by atoms with van der Waals surface area (Å²) in [4.78, 5) is 31.1. The maximum atomic E-state index is 12.2. The van der Waals surface area contributed by atoms with Crippen LogP contribution in [0.5, 0.6) is 11.5 Å². The fourth-order valence-corrected chi connectivity index (χ4v) is 2.88. The fraction of sp³-hybridized carbons (Fsp3) is 0.353. The Hall–Kier alpha value is -2.48. The molecule has 1 aromatic heterocycles. The molecule has 134 valence electrons. The Morgan fingerprint density at radius 3 is 2.72 bits per heavy atom. The molecule has 1 heterocycles. The van der Waals surface area contributed by atoms with E-state index in [1.54, 1.807) is 32.2 Å². The first-order valence-electron chi connectivity index (χ1n) is 7.73. The highest BCUT2D eigenvalue weighted by Crippen LogP contribution is 2.29. The van der Waals surface area contributed by atoms with Crippen molar-refractivity contribution in [3.05, 3.63) is 39.8 Å². The zero-order valence-corrected chi connectivity index (χ0v) is 15.5. The molecule has 2 aromatic rings. The number of benzene rings is 1. The number of nitrogens with one attached hydrogen (secondary N) is 2. The molecule has 7 nitrogen and oxygen atoms in total. The molecule has 0 unspecified atom stereocenters. The second kappa shape index (κ2) is 8.57. The third-order valence-electron chi connectivity index (χ3n) is 3.59. The van der Waals surface area contributed by atoms with Crippen LogP contribution >= 0.6 is 11.8 Å². The minimum Gasteiger partial charge on any atom is -0.497 e. The van der Waals surface area contributed by atoms with Gasteiger partial charge in [0.15, 0.2) is 5.16 Å². The van der Waals surface area contributed by atoms with Gasteiger partial charge in [-0.1, -0.05) is 18.7 Å². The molecular formula is C17H21N3O4S. The van der Waals surface area contributed by atoms with Gasteiger partial charge in [0.25, 0.3) is 5.56 Å². The predicted molar refractivity (Wildman–Crippen MR) is 97.9 cm³/mol. The first-order valence-corrected chi connectivity index (χ1v) is 8.71. The van der Waals surface area contributed by atoms with E-state index >= 15 is 0 Å². The predicted octanol–water partition coefficient (Wildman–Crippen LogP) is 2.39. The van der Waals surface area contributed by atoms with Crippen LogP contribution in [0.4, 0.5) is 5.69 Å². The van der Waals surface area contributed by atoms with E-state index < -0.39 is 0 Å². The number of carbonyl (C=O) groups is 1. The molecular weight excluding hydrogens is 342 g/mol. The van der Waals surface area contributed by atoms with Crippen LogP contribution in [0.3, 0.4) is 0 Å². The summed E-state index contributed by atoms with van der Waals surface area (Å²) in [5, 5.41) is 3.21. The van der Waals surface area contributed by atoms with Gasteiger partial charge in [0.1, 0.15) is 11.5 Å². The van der Waals surface area contributed by atoms with Crippen LogP contribution in [0.2, 0.25) is 0 Å². The van der Waals surface area contributed by atoms with Gasteiger partial charge in [-0.25, -0.2) is 4.98 Å². The topological polar surface area (TPSA) is 93.3 Å². The molecule has 0 aliphatic heterocycles. The highest BCUT2D eigenvalue weighted by Gasteiger charge is 2.12. The number of hydrogen-bond donors (Lipinski definition) is 2. The normalized spacial score (nSPS) is 10.4. The Morgan fingerprint density at radius 1 is 1.32 bits per heavy atom. The Balaban J connectivity index is 2.07. The lowest BCUT2D eigenvalue weighted by atomic mass is 10.2. The minimum atomic E-state index is -0.238. The molecule has 1 amide bonds. The molecule has 0 atom stereocenters. The number of rotatable bonds is 7. The smallest absolute Gasteiger partial charge is 0.254 e. The van der Waals surface area contributed by atoms with E-state index in [2.05, 4.69) is 15.3 Å². The van der Waals surface area contributed by atoms with Crippen molar-refractivity contribution in [2.45, 2.75) is 25.4 Å². The zero-order valence-electron chi connectivity index (χ0n) is 14.6. The summed E-state index contributed by atoms with van der Waals surface area (Å²) in [5.74, 6) is 1.02. The summed E-state index contributed by atoms with van der Waals surface area (Å²) in [7, 11) is 3.08. The molecule has 0 spiro atoms. The summed E-state index contributed by atoms with van der Waals surface area (Å²) >= 11 is 1.17. The number of anilines is 1. The fourth-order valence-electron chi connectivity index (χ4n) is 2.20. The Kier molecular flexibility index (Phi) is 6.46. The number of nitrogens with zero attached hydrogens (tertiary/aromatic N) is 1. The highest BCUT2D eigenvalue weighted by molar-refractivity contribution is 7.99. The standard InChI is InChI=1S/C17H21N3O4S/c1-5-12-10(2)16(22)20-17(19-12)25-9-15(21)18-13-8-11(23-3)6-7-14(13)24-4/h6-8H,5,9H2,1-4H3,(H,18,21)(H,19,20,22). The van der Waals surface area contributed by atoms with Crippen LogP contribution in [-0.4, -0.2) is 35.8 Å². The molecule has 0 fully saturated rings. The van der Waals surface area contributed by atoms with Gasteiger partial charge in [0.05, 0.1) is 31.4 Å². The summed E-state index contributed by atoms with van der Waals surface area (Å²) in [5.41, 5.74) is 1.69. The summed E-state index contributed by atoms with van der Waals surface area (Å²) in [6, 6.07) is 5.15. The third kappa shape index (κ3) is 4.76. The maximum absolute atomic E-state index is 12.2. The number of aryl methyl sites for hydroxylation is 1. The van der Waals surface area contributed by atoms with Crippen molar-refractivity contribution in [2.24, 2.45) is 0 Å². The van der Waals surface area contributed by atoms with E-state index in [0.717, 1.165) is 5.69 Å². The number of thioether (sulfide) groups is 1. The molecule has 0 aliphatic carbocycles. The number of methoxy groups -OCH3 is 2. The average molecular weight is 363 g/mol. The van der Waals surface area contributed by atoms with Crippen LogP contribution in [0, 0.1) is 6.92 Å². The lowest BCUT2D eigenvalue weighted by Gasteiger charge is -2.11. The molecule has 0 bridgehead atoms. The van der Waals surface area contributed by atoms with Crippen molar-refractivity contribution >= 4 is 23.4 Å². The van der Waals surface area contributed by atoms with Crippen molar-refractivity contribution in [1.82, 2.24) is 9.97 Å². The van der Waals surface area contributed by atoms with Crippen LogP contribution in [0.1, 0.15) is 18.2 Å². The zero-order chi connectivity index (χ0) is 18.4. The van der Waals surface area contributed by atoms with Crippen LogP contribution in [-0.2, 0) is 11.2 Å². The van der Waals surface area contributed by atoms with Gasteiger partial charge in [-0.05, 0) is 25.5 Å². The number of carbonyl (C=O) groups excluding carboxylic acids is 1. The molecule has 0 saturated carbocycles. The Bertz CT molecular complexity index is 820. The van der Waals surface area contributed by atoms with Gasteiger partial charge in [0.2, 0.25) is 5.91 Å². The van der Waals surface area contributed by atoms with Gasteiger partial charge >= 0.3 is 0 Å². The van der Waals surface area contributed by atoms with Gasteiger partial charge in [-0.15, -0.1) is 0 Å². The molecule has 0 radical (unpaired) electrons.